The summed E-state index contributed by atoms with van der Waals surface area (Å²) in [7, 11) is 0. The molecule has 0 bridgehead atoms. The standard InChI is InChI=1S/C11H15ClF3O/c12-10(13)11(14,15)16-9-4-3-8(6-9)5-7-1-2-7/h5,7-10H,1-4,6H2. The number of rotatable bonds is 5. The number of hydrogen-bond donors (Lipinski definition) is 0. The highest BCUT2D eigenvalue weighted by atomic mass is 35.5. The molecular weight excluding hydrogens is 241 g/mol. The summed E-state index contributed by atoms with van der Waals surface area (Å²) in [6.45, 7) is 0. The van der Waals surface area contributed by atoms with Crippen LogP contribution in [0.5, 0.6) is 0 Å². The topological polar surface area (TPSA) is 9.23 Å². The molecule has 93 valence electrons. The molecule has 3 atom stereocenters. The molecule has 0 saturated heterocycles. The van der Waals surface area contributed by atoms with E-state index >= 15 is 0 Å². The van der Waals surface area contributed by atoms with E-state index in [0.717, 1.165) is 6.42 Å². The van der Waals surface area contributed by atoms with Crippen LogP contribution < -0.4 is 0 Å². The minimum atomic E-state index is -3.86. The van der Waals surface area contributed by atoms with E-state index in [4.69, 9.17) is 11.6 Å². The van der Waals surface area contributed by atoms with Gasteiger partial charge >= 0.3 is 6.11 Å². The van der Waals surface area contributed by atoms with Crippen molar-refractivity contribution in [1.29, 1.82) is 0 Å². The van der Waals surface area contributed by atoms with Crippen LogP contribution in [0, 0.1) is 18.3 Å². The Bertz CT molecular complexity index is 243. The lowest BCUT2D eigenvalue weighted by Crippen LogP contribution is -2.33. The molecule has 2 fully saturated rings. The molecule has 3 unspecified atom stereocenters. The average Bonchev–Trinajstić information content (AvgIpc) is 2.87. The third-order valence-corrected chi connectivity index (χ3v) is 3.42. The van der Waals surface area contributed by atoms with Crippen molar-refractivity contribution < 1.29 is 17.9 Å². The van der Waals surface area contributed by atoms with Crippen molar-refractivity contribution in [2.45, 2.75) is 49.9 Å². The van der Waals surface area contributed by atoms with E-state index in [1.165, 1.54) is 12.8 Å². The van der Waals surface area contributed by atoms with Gasteiger partial charge in [0.15, 0.2) is 0 Å². The summed E-state index contributed by atoms with van der Waals surface area (Å²) in [4.78, 5) is 0. The number of halogens is 4. The molecule has 0 N–H and O–H groups in total. The van der Waals surface area contributed by atoms with E-state index in [0.29, 0.717) is 24.7 Å². The Morgan fingerprint density at radius 1 is 1.19 bits per heavy atom. The van der Waals surface area contributed by atoms with E-state index < -0.39 is 17.8 Å². The second-order valence-corrected chi connectivity index (χ2v) is 5.09. The molecule has 2 saturated carbocycles. The van der Waals surface area contributed by atoms with Gasteiger partial charge < -0.3 is 4.74 Å². The van der Waals surface area contributed by atoms with Gasteiger partial charge in [0, 0.05) is 0 Å². The van der Waals surface area contributed by atoms with Crippen LogP contribution in [0.4, 0.5) is 13.2 Å². The third kappa shape index (κ3) is 3.27. The molecular formula is C11H15ClF3O. The third-order valence-electron chi connectivity index (χ3n) is 3.17. The first-order valence-corrected chi connectivity index (χ1v) is 6.10. The zero-order chi connectivity index (χ0) is 11.8. The van der Waals surface area contributed by atoms with E-state index in [9.17, 15) is 13.2 Å². The molecule has 2 rings (SSSR count). The first-order chi connectivity index (χ1) is 7.47. The van der Waals surface area contributed by atoms with E-state index in [-0.39, 0.29) is 0 Å². The van der Waals surface area contributed by atoms with Crippen LogP contribution in [0.3, 0.4) is 0 Å². The van der Waals surface area contributed by atoms with E-state index in [2.05, 4.69) is 11.2 Å². The summed E-state index contributed by atoms with van der Waals surface area (Å²) in [5, 5.41) is 0. The fourth-order valence-corrected chi connectivity index (χ4v) is 2.25. The Balaban J connectivity index is 1.75. The van der Waals surface area contributed by atoms with Crippen LogP contribution in [0.1, 0.15) is 32.1 Å². The monoisotopic (exact) mass is 255 g/mol. The van der Waals surface area contributed by atoms with Gasteiger partial charge in [-0.2, -0.15) is 8.78 Å². The largest absolute Gasteiger partial charge is 0.401 e. The Morgan fingerprint density at radius 2 is 1.81 bits per heavy atom. The van der Waals surface area contributed by atoms with E-state index in [1.807, 2.05) is 0 Å². The molecule has 0 aromatic rings. The Kier molecular flexibility index (Phi) is 3.69. The Labute approximate surface area is 98.3 Å². The first kappa shape index (κ1) is 12.5. The molecule has 16 heavy (non-hydrogen) atoms. The molecule has 2 aliphatic carbocycles. The molecule has 0 heterocycles. The maximum Gasteiger partial charge on any atom is 0.401 e. The minimum absolute atomic E-state index is 0.349. The highest BCUT2D eigenvalue weighted by Crippen LogP contribution is 2.42. The molecule has 1 radical (unpaired) electrons. The van der Waals surface area contributed by atoms with Gasteiger partial charge in [-0.25, -0.2) is 4.39 Å². The van der Waals surface area contributed by atoms with Gasteiger partial charge in [-0.3, -0.25) is 0 Å². The lowest BCUT2D eigenvalue weighted by molar-refractivity contribution is -0.277. The fraction of sp³-hybridized carbons (Fsp3) is 0.909. The average molecular weight is 256 g/mol. The zero-order valence-electron chi connectivity index (χ0n) is 8.84. The summed E-state index contributed by atoms with van der Waals surface area (Å²) in [5.41, 5.74) is -2.76. The molecule has 0 aromatic carbocycles. The normalized spacial score (nSPS) is 33.0. The number of hydrogen-bond acceptors (Lipinski definition) is 1. The van der Waals surface area contributed by atoms with Crippen molar-refractivity contribution in [2.75, 3.05) is 0 Å². The van der Waals surface area contributed by atoms with Crippen molar-refractivity contribution in [3.05, 3.63) is 6.42 Å². The van der Waals surface area contributed by atoms with Crippen molar-refractivity contribution in [2.24, 2.45) is 11.8 Å². The SMILES string of the molecule is FC(Cl)C(F)(F)OC1CCC([CH]C2CC2)C1. The Morgan fingerprint density at radius 3 is 2.38 bits per heavy atom. The predicted molar refractivity (Wildman–Crippen MR) is 54.9 cm³/mol. The van der Waals surface area contributed by atoms with Crippen molar-refractivity contribution >= 4 is 11.6 Å². The summed E-state index contributed by atoms with van der Waals surface area (Å²) in [6, 6.07) is 0. The van der Waals surface area contributed by atoms with Gasteiger partial charge in [-0.1, -0.05) is 11.6 Å². The van der Waals surface area contributed by atoms with Gasteiger partial charge in [0.25, 0.3) is 5.63 Å². The number of alkyl halides is 4. The van der Waals surface area contributed by atoms with Crippen molar-refractivity contribution in [1.82, 2.24) is 0 Å². The minimum Gasteiger partial charge on any atom is -0.314 e. The van der Waals surface area contributed by atoms with Crippen molar-refractivity contribution in [3.63, 3.8) is 0 Å². The second kappa shape index (κ2) is 4.73. The number of ether oxygens (including phenoxy) is 1. The van der Waals surface area contributed by atoms with Gasteiger partial charge in [0.05, 0.1) is 6.10 Å². The lowest BCUT2D eigenvalue weighted by Gasteiger charge is -2.21. The highest BCUT2D eigenvalue weighted by molar-refractivity contribution is 6.20. The maximum absolute atomic E-state index is 12.9. The summed E-state index contributed by atoms with van der Waals surface area (Å²) in [6.07, 6.45) is 2.22. The van der Waals surface area contributed by atoms with Gasteiger partial charge in [-0.15, -0.1) is 0 Å². The van der Waals surface area contributed by atoms with Crippen LogP contribution >= 0.6 is 11.6 Å². The predicted octanol–water partition coefficient (Wildman–Crippen LogP) is 3.91. The smallest absolute Gasteiger partial charge is 0.314 e. The summed E-state index contributed by atoms with van der Waals surface area (Å²) < 4.78 is 42.5. The first-order valence-electron chi connectivity index (χ1n) is 5.66. The summed E-state index contributed by atoms with van der Waals surface area (Å²) in [5.74, 6) is 1.02. The Hall–Kier alpha value is 0.0400. The molecule has 2 aliphatic rings. The van der Waals surface area contributed by atoms with Gasteiger partial charge in [0.1, 0.15) is 0 Å². The molecule has 0 amide bonds. The van der Waals surface area contributed by atoms with E-state index in [1.54, 1.807) is 0 Å². The molecule has 5 heteroatoms. The summed E-state index contributed by atoms with van der Waals surface area (Å²) >= 11 is 4.73. The molecule has 0 aromatic heterocycles. The zero-order valence-corrected chi connectivity index (χ0v) is 9.60. The van der Waals surface area contributed by atoms with Gasteiger partial charge in [0.2, 0.25) is 0 Å². The second-order valence-electron chi connectivity index (χ2n) is 4.71. The van der Waals surface area contributed by atoms with Crippen LogP contribution in [0.15, 0.2) is 0 Å². The maximum atomic E-state index is 12.9. The quantitative estimate of drug-likeness (QED) is 0.677. The molecule has 1 nitrogen and oxygen atoms in total. The van der Waals surface area contributed by atoms with Gasteiger partial charge in [-0.05, 0) is 50.4 Å². The van der Waals surface area contributed by atoms with Crippen LogP contribution in [0.2, 0.25) is 0 Å². The molecule has 0 aliphatic heterocycles. The van der Waals surface area contributed by atoms with Crippen LogP contribution in [-0.4, -0.2) is 17.8 Å². The lowest BCUT2D eigenvalue weighted by atomic mass is 10.0. The van der Waals surface area contributed by atoms with Crippen LogP contribution in [-0.2, 0) is 4.74 Å². The van der Waals surface area contributed by atoms with Crippen LogP contribution in [0.25, 0.3) is 0 Å². The fourth-order valence-electron chi connectivity index (χ4n) is 2.20. The highest BCUT2D eigenvalue weighted by Gasteiger charge is 2.44. The molecule has 0 spiro atoms. The van der Waals surface area contributed by atoms with Crippen molar-refractivity contribution in [3.8, 4) is 0 Å².